The van der Waals surface area contributed by atoms with Crippen molar-refractivity contribution in [3.63, 3.8) is 0 Å². The van der Waals surface area contributed by atoms with Crippen LogP contribution in [0.2, 0.25) is 0 Å². The molecule has 0 aliphatic heterocycles. The lowest BCUT2D eigenvalue weighted by molar-refractivity contribution is 0.622. The summed E-state index contributed by atoms with van der Waals surface area (Å²) in [5, 5.41) is 6.97. The van der Waals surface area contributed by atoms with E-state index < -0.39 is 0 Å². The average Bonchev–Trinajstić information content (AvgIpc) is 2.65. The third kappa shape index (κ3) is 2.43. The molecule has 0 aliphatic carbocycles. The van der Waals surface area contributed by atoms with Gasteiger partial charge in [-0.05, 0) is 19.1 Å². The van der Waals surface area contributed by atoms with E-state index in [2.05, 4.69) is 15.2 Å². The average molecular weight is 220 g/mol. The summed E-state index contributed by atoms with van der Waals surface area (Å²) in [4.78, 5) is 3.78. The van der Waals surface area contributed by atoms with Crippen molar-refractivity contribution in [1.29, 1.82) is 0 Å². The zero-order valence-corrected chi connectivity index (χ0v) is 8.94. The van der Waals surface area contributed by atoms with E-state index in [1.54, 1.807) is 6.20 Å². The molecule has 2 heterocycles. The molecule has 1 atom stereocenters. The summed E-state index contributed by atoms with van der Waals surface area (Å²) < 4.78 is 12.9. The van der Waals surface area contributed by atoms with Crippen LogP contribution >= 0.6 is 0 Å². The van der Waals surface area contributed by atoms with Crippen molar-refractivity contribution in [1.82, 2.24) is 15.2 Å². The van der Waals surface area contributed by atoms with Crippen LogP contribution in [-0.2, 0) is 6.42 Å². The Morgan fingerprint density at radius 2 is 2.25 bits per heavy atom. The fourth-order valence-corrected chi connectivity index (χ4v) is 1.51. The Morgan fingerprint density at radius 1 is 1.44 bits per heavy atom. The highest BCUT2D eigenvalue weighted by Gasteiger charge is 2.06. The quantitative estimate of drug-likeness (QED) is 0.823. The monoisotopic (exact) mass is 220 g/mol. The molecule has 4 nitrogen and oxygen atoms in total. The number of hydrogen-bond acceptors (Lipinski definition) is 3. The molecule has 2 aromatic rings. The van der Waals surface area contributed by atoms with Crippen LogP contribution in [0.5, 0.6) is 0 Å². The molecule has 2 rings (SSSR count). The van der Waals surface area contributed by atoms with Crippen molar-refractivity contribution < 1.29 is 4.39 Å². The largest absolute Gasteiger partial charge is 0.328 e. The maximum atomic E-state index is 12.9. The van der Waals surface area contributed by atoms with Gasteiger partial charge in [-0.15, -0.1) is 0 Å². The second kappa shape index (κ2) is 4.40. The van der Waals surface area contributed by atoms with Crippen LogP contribution in [0.15, 0.2) is 24.5 Å². The molecule has 16 heavy (non-hydrogen) atoms. The number of nitrogens with one attached hydrogen (secondary N) is 1. The molecule has 0 aliphatic rings. The summed E-state index contributed by atoms with van der Waals surface area (Å²) in [5.74, 6) is -0.366. The zero-order chi connectivity index (χ0) is 11.5. The highest BCUT2D eigenvalue weighted by Crippen LogP contribution is 2.17. The number of nitrogens with two attached hydrogens (primary N) is 1. The third-order valence-corrected chi connectivity index (χ3v) is 2.17. The minimum atomic E-state index is -0.366. The van der Waals surface area contributed by atoms with Gasteiger partial charge in [-0.1, -0.05) is 0 Å². The summed E-state index contributed by atoms with van der Waals surface area (Å²) in [7, 11) is 0. The molecule has 0 saturated heterocycles. The molecule has 2 aromatic heterocycles. The van der Waals surface area contributed by atoms with Crippen molar-refractivity contribution >= 4 is 0 Å². The van der Waals surface area contributed by atoms with Gasteiger partial charge in [0.25, 0.3) is 0 Å². The van der Waals surface area contributed by atoms with Crippen LogP contribution in [0.3, 0.4) is 0 Å². The van der Waals surface area contributed by atoms with Gasteiger partial charge in [0.05, 0.1) is 11.9 Å². The van der Waals surface area contributed by atoms with E-state index in [0.29, 0.717) is 11.3 Å². The Balaban J connectivity index is 2.24. The lowest BCUT2D eigenvalue weighted by Crippen LogP contribution is -2.17. The smallest absolute Gasteiger partial charge is 0.142 e. The van der Waals surface area contributed by atoms with E-state index in [1.165, 1.54) is 12.3 Å². The molecule has 3 N–H and O–H groups in total. The molecule has 0 spiro atoms. The van der Waals surface area contributed by atoms with Crippen molar-refractivity contribution in [2.75, 3.05) is 0 Å². The van der Waals surface area contributed by atoms with Crippen molar-refractivity contribution in [3.8, 4) is 11.3 Å². The minimum absolute atomic E-state index is 0.0685. The van der Waals surface area contributed by atoms with Gasteiger partial charge in [0.2, 0.25) is 0 Å². The number of halogens is 1. The maximum absolute atomic E-state index is 12.9. The number of pyridine rings is 1. The Bertz CT molecular complexity index is 478. The fourth-order valence-electron chi connectivity index (χ4n) is 1.51. The summed E-state index contributed by atoms with van der Waals surface area (Å²) in [6.07, 6.45) is 3.46. The Morgan fingerprint density at radius 3 is 2.94 bits per heavy atom. The predicted octanol–water partition coefficient (Wildman–Crippen LogP) is 1.50. The van der Waals surface area contributed by atoms with Gasteiger partial charge in [0.15, 0.2) is 0 Å². The third-order valence-electron chi connectivity index (χ3n) is 2.17. The highest BCUT2D eigenvalue weighted by atomic mass is 19.1. The van der Waals surface area contributed by atoms with Gasteiger partial charge in [-0.2, -0.15) is 5.10 Å². The van der Waals surface area contributed by atoms with Gasteiger partial charge in [-0.3, -0.25) is 10.1 Å². The molecule has 5 heteroatoms. The van der Waals surface area contributed by atoms with E-state index in [-0.39, 0.29) is 11.9 Å². The summed E-state index contributed by atoms with van der Waals surface area (Å²) in [6, 6.07) is 3.33. The van der Waals surface area contributed by atoms with E-state index in [0.717, 1.165) is 12.1 Å². The van der Waals surface area contributed by atoms with E-state index in [1.807, 2.05) is 13.0 Å². The highest BCUT2D eigenvalue weighted by molar-refractivity contribution is 5.57. The first-order valence-electron chi connectivity index (χ1n) is 5.06. The standard InChI is InChI=1S/C11H13FN4/c1-7(13)2-10-4-11(16-15-10)8-3-9(12)6-14-5-8/h3-7H,2,13H2,1H3,(H,15,16). The maximum Gasteiger partial charge on any atom is 0.142 e. The van der Waals surface area contributed by atoms with E-state index >= 15 is 0 Å². The number of hydrogen-bond donors (Lipinski definition) is 2. The SMILES string of the molecule is CC(N)Cc1cc(-c2cncc(F)c2)n[nH]1. The Hall–Kier alpha value is -1.75. The molecule has 0 saturated carbocycles. The van der Waals surface area contributed by atoms with Crippen LogP contribution in [0, 0.1) is 5.82 Å². The predicted molar refractivity (Wildman–Crippen MR) is 59.1 cm³/mol. The summed E-state index contributed by atoms with van der Waals surface area (Å²) in [5.41, 5.74) is 7.96. The van der Waals surface area contributed by atoms with Crippen LogP contribution in [0.4, 0.5) is 4.39 Å². The van der Waals surface area contributed by atoms with E-state index in [9.17, 15) is 4.39 Å². The van der Waals surface area contributed by atoms with Gasteiger partial charge in [-0.25, -0.2) is 4.39 Å². The first-order chi connectivity index (χ1) is 7.65. The second-order valence-corrected chi connectivity index (χ2v) is 3.85. The summed E-state index contributed by atoms with van der Waals surface area (Å²) >= 11 is 0. The zero-order valence-electron chi connectivity index (χ0n) is 8.94. The first kappa shape index (κ1) is 10.8. The van der Waals surface area contributed by atoms with Crippen LogP contribution in [-0.4, -0.2) is 21.2 Å². The summed E-state index contributed by atoms with van der Waals surface area (Å²) in [6.45, 7) is 1.92. The number of nitrogens with zero attached hydrogens (tertiary/aromatic N) is 2. The van der Waals surface area contributed by atoms with Crippen LogP contribution in [0.25, 0.3) is 11.3 Å². The van der Waals surface area contributed by atoms with Crippen molar-refractivity contribution in [2.45, 2.75) is 19.4 Å². The van der Waals surface area contributed by atoms with Crippen molar-refractivity contribution in [3.05, 3.63) is 36.0 Å². The second-order valence-electron chi connectivity index (χ2n) is 3.85. The Labute approximate surface area is 92.7 Å². The molecule has 1 unspecified atom stereocenters. The number of aromatic nitrogens is 3. The molecular formula is C11H13FN4. The lowest BCUT2D eigenvalue weighted by atomic mass is 10.1. The normalized spacial score (nSPS) is 12.7. The van der Waals surface area contributed by atoms with Gasteiger partial charge in [0.1, 0.15) is 5.82 Å². The number of H-pyrrole nitrogens is 1. The number of aromatic amines is 1. The molecule has 84 valence electrons. The molecule has 0 bridgehead atoms. The molecule has 0 radical (unpaired) electrons. The minimum Gasteiger partial charge on any atom is -0.328 e. The van der Waals surface area contributed by atoms with Crippen molar-refractivity contribution in [2.24, 2.45) is 5.73 Å². The Kier molecular flexibility index (Phi) is 2.96. The first-order valence-corrected chi connectivity index (χ1v) is 5.06. The van der Waals surface area contributed by atoms with Gasteiger partial charge in [0, 0.05) is 29.9 Å². The van der Waals surface area contributed by atoms with E-state index in [4.69, 9.17) is 5.73 Å². The molecular weight excluding hydrogens is 207 g/mol. The molecule has 0 fully saturated rings. The van der Waals surface area contributed by atoms with Crippen LogP contribution in [0.1, 0.15) is 12.6 Å². The van der Waals surface area contributed by atoms with Gasteiger partial charge >= 0.3 is 0 Å². The van der Waals surface area contributed by atoms with Crippen LogP contribution < -0.4 is 5.73 Å². The fraction of sp³-hybridized carbons (Fsp3) is 0.273. The van der Waals surface area contributed by atoms with Gasteiger partial charge < -0.3 is 5.73 Å². The lowest BCUT2D eigenvalue weighted by Gasteiger charge is -1.99. The molecule has 0 aromatic carbocycles. The molecule has 0 amide bonds. The number of rotatable bonds is 3. The topological polar surface area (TPSA) is 67.6 Å².